The predicted molar refractivity (Wildman–Crippen MR) is 105 cm³/mol. The van der Waals surface area contributed by atoms with Crippen molar-refractivity contribution in [3.05, 3.63) is 60.2 Å². The van der Waals surface area contributed by atoms with Gasteiger partial charge in [0, 0.05) is 13.0 Å². The third-order valence-electron chi connectivity index (χ3n) is 5.17. The van der Waals surface area contributed by atoms with Crippen molar-refractivity contribution in [1.82, 2.24) is 5.32 Å². The maximum atomic E-state index is 12.4. The molecule has 1 aliphatic rings. The van der Waals surface area contributed by atoms with Gasteiger partial charge < -0.3 is 15.8 Å². The molecule has 0 bridgehead atoms. The third-order valence-corrected chi connectivity index (χ3v) is 5.17. The van der Waals surface area contributed by atoms with Crippen LogP contribution in [-0.4, -0.2) is 30.6 Å². The van der Waals surface area contributed by atoms with Crippen molar-refractivity contribution < 1.29 is 14.3 Å². The van der Waals surface area contributed by atoms with E-state index in [0.717, 1.165) is 33.5 Å². The Labute approximate surface area is 157 Å². The van der Waals surface area contributed by atoms with Gasteiger partial charge in [0.1, 0.15) is 12.1 Å². The van der Waals surface area contributed by atoms with Crippen LogP contribution in [0.15, 0.2) is 54.6 Å². The molecule has 0 unspecified atom stereocenters. The monoisotopic (exact) mass is 362 g/mol. The van der Waals surface area contributed by atoms with Crippen LogP contribution >= 0.6 is 0 Å². The fourth-order valence-electron chi connectivity index (χ4n) is 3.80. The first-order chi connectivity index (χ1) is 13.1. The molecule has 0 spiro atoms. The van der Waals surface area contributed by atoms with Crippen LogP contribution in [0.25, 0.3) is 21.5 Å². The summed E-state index contributed by atoms with van der Waals surface area (Å²) < 4.78 is 5.42. The lowest BCUT2D eigenvalue weighted by Gasteiger charge is -2.20. The molecule has 0 aromatic heterocycles. The fourth-order valence-corrected chi connectivity index (χ4v) is 3.80. The van der Waals surface area contributed by atoms with Crippen LogP contribution in [0.2, 0.25) is 0 Å². The molecule has 0 saturated carbocycles. The van der Waals surface area contributed by atoms with E-state index in [1.165, 1.54) is 0 Å². The normalized spacial score (nSPS) is 17.9. The van der Waals surface area contributed by atoms with Crippen LogP contribution < -0.4 is 11.1 Å². The van der Waals surface area contributed by atoms with Gasteiger partial charge in [0.25, 0.3) is 0 Å². The summed E-state index contributed by atoms with van der Waals surface area (Å²) in [4.78, 5) is 24.5. The van der Waals surface area contributed by atoms with E-state index in [2.05, 4.69) is 23.5 Å². The second-order valence-electron chi connectivity index (χ2n) is 6.97. The first-order valence-corrected chi connectivity index (χ1v) is 9.24. The van der Waals surface area contributed by atoms with E-state index >= 15 is 0 Å². The minimum atomic E-state index is -0.782. The zero-order chi connectivity index (χ0) is 18.8. The van der Waals surface area contributed by atoms with E-state index in [-0.39, 0.29) is 5.91 Å². The highest BCUT2D eigenvalue weighted by Gasteiger charge is 2.28. The number of nitrogens with two attached hydrogens (primary N) is 1. The van der Waals surface area contributed by atoms with E-state index < -0.39 is 18.1 Å². The number of ether oxygens (including phenoxy) is 1. The average molecular weight is 362 g/mol. The summed E-state index contributed by atoms with van der Waals surface area (Å²) >= 11 is 0. The van der Waals surface area contributed by atoms with Gasteiger partial charge in [-0.2, -0.15) is 0 Å². The van der Waals surface area contributed by atoms with E-state index in [9.17, 15) is 9.59 Å². The molecular weight excluding hydrogens is 340 g/mol. The van der Waals surface area contributed by atoms with Crippen LogP contribution in [0.3, 0.4) is 0 Å². The van der Waals surface area contributed by atoms with Crippen molar-refractivity contribution in [1.29, 1.82) is 0 Å². The van der Waals surface area contributed by atoms with Crippen molar-refractivity contribution in [2.75, 3.05) is 6.61 Å². The first kappa shape index (κ1) is 17.5. The maximum absolute atomic E-state index is 12.4. The Bertz CT molecular complexity index is 955. The molecule has 0 aliphatic carbocycles. The lowest BCUT2D eigenvalue weighted by molar-refractivity contribution is -0.133. The Kier molecular flexibility index (Phi) is 4.77. The van der Waals surface area contributed by atoms with Crippen molar-refractivity contribution in [2.24, 2.45) is 5.73 Å². The Morgan fingerprint density at radius 1 is 1.07 bits per heavy atom. The molecule has 1 fully saturated rings. The Balaban J connectivity index is 1.72. The van der Waals surface area contributed by atoms with Gasteiger partial charge in [-0.25, -0.2) is 0 Å². The highest BCUT2D eigenvalue weighted by atomic mass is 16.5. The number of amides is 2. The molecule has 27 heavy (non-hydrogen) atoms. The predicted octanol–water partition coefficient (Wildman–Crippen LogP) is 2.68. The number of rotatable bonds is 5. The lowest BCUT2D eigenvalue weighted by atomic mass is 9.92. The Morgan fingerprint density at radius 2 is 1.70 bits per heavy atom. The summed E-state index contributed by atoms with van der Waals surface area (Å²) in [6.07, 6.45) is 1.38. The summed E-state index contributed by atoms with van der Waals surface area (Å²) in [5, 5.41) is 7.12. The van der Waals surface area contributed by atoms with E-state index in [4.69, 9.17) is 10.5 Å². The van der Waals surface area contributed by atoms with Gasteiger partial charge in [0.2, 0.25) is 11.8 Å². The quantitative estimate of drug-likeness (QED) is 0.685. The molecule has 138 valence electrons. The largest absolute Gasteiger partial charge is 0.368 e. The number of primary amides is 1. The summed E-state index contributed by atoms with van der Waals surface area (Å²) in [5.74, 6) is -0.806. The molecule has 4 rings (SSSR count). The molecule has 3 aromatic carbocycles. The van der Waals surface area contributed by atoms with Crippen molar-refractivity contribution in [2.45, 2.75) is 31.4 Å². The third kappa shape index (κ3) is 3.51. The molecule has 3 aromatic rings. The number of benzene rings is 3. The number of carbonyl (C=O) groups excluding carboxylic acids is 2. The summed E-state index contributed by atoms with van der Waals surface area (Å²) in [7, 11) is 0. The second-order valence-corrected chi connectivity index (χ2v) is 6.97. The van der Waals surface area contributed by atoms with Crippen LogP contribution in [-0.2, 0) is 20.7 Å². The van der Waals surface area contributed by atoms with Gasteiger partial charge in [-0.05, 0) is 46.0 Å². The van der Waals surface area contributed by atoms with Gasteiger partial charge in [-0.1, -0.05) is 48.5 Å². The van der Waals surface area contributed by atoms with Crippen LogP contribution in [0.1, 0.15) is 18.4 Å². The number of fused-ring (bicyclic) bond motifs is 2. The van der Waals surface area contributed by atoms with Gasteiger partial charge in [-0.3, -0.25) is 9.59 Å². The zero-order valence-corrected chi connectivity index (χ0v) is 15.0. The minimum absolute atomic E-state index is 0.263. The van der Waals surface area contributed by atoms with Gasteiger partial charge >= 0.3 is 0 Å². The molecule has 5 heteroatoms. The summed E-state index contributed by atoms with van der Waals surface area (Å²) in [6, 6.07) is 17.5. The average Bonchev–Trinajstić information content (AvgIpc) is 3.21. The van der Waals surface area contributed by atoms with Gasteiger partial charge in [0.15, 0.2) is 0 Å². The number of carbonyl (C=O) groups is 2. The Morgan fingerprint density at radius 3 is 2.26 bits per heavy atom. The van der Waals surface area contributed by atoms with Crippen molar-refractivity contribution in [3.63, 3.8) is 0 Å². The standard InChI is InChI=1S/C22H22N2O3/c23-21(25)19(24-22(26)20-10-5-11-27-20)13-18-16-8-3-1-6-14(16)12-15-7-2-4-9-17(15)18/h1-4,6-9,12,19-20H,5,10-11,13H2,(H2,23,25)(H,24,26)/t19-,20+/m1/s1. The zero-order valence-electron chi connectivity index (χ0n) is 15.0. The maximum Gasteiger partial charge on any atom is 0.249 e. The Hall–Kier alpha value is -2.92. The van der Waals surface area contributed by atoms with Gasteiger partial charge in [-0.15, -0.1) is 0 Å². The first-order valence-electron chi connectivity index (χ1n) is 9.24. The summed E-state index contributed by atoms with van der Waals surface area (Å²) in [6.45, 7) is 0.577. The molecule has 2 atom stereocenters. The topological polar surface area (TPSA) is 81.4 Å². The molecule has 2 amide bonds. The molecular formula is C22H22N2O3. The minimum Gasteiger partial charge on any atom is -0.368 e. The smallest absolute Gasteiger partial charge is 0.249 e. The van der Waals surface area contributed by atoms with Crippen LogP contribution in [0, 0.1) is 0 Å². The van der Waals surface area contributed by atoms with Crippen molar-refractivity contribution in [3.8, 4) is 0 Å². The molecule has 0 radical (unpaired) electrons. The molecule has 1 aliphatic heterocycles. The fraction of sp³-hybridized carbons (Fsp3) is 0.273. The second kappa shape index (κ2) is 7.37. The lowest BCUT2D eigenvalue weighted by Crippen LogP contribution is -2.49. The van der Waals surface area contributed by atoms with E-state index in [1.54, 1.807) is 0 Å². The molecule has 1 saturated heterocycles. The van der Waals surface area contributed by atoms with Crippen molar-refractivity contribution >= 4 is 33.4 Å². The highest BCUT2D eigenvalue weighted by molar-refractivity contribution is 6.03. The molecule has 3 N–H and O–H groups in total. The van der Waals surface area contributed by atoms with Gasteiger partial charge in [0.05, 0.1) is 0 Å². The van der Waals surface area contributed by atoms with E-state index in [1.807, 2.05) is 36.4 Å². The van der Waals surface area contributed by atoms with E-state index in [0.29, 0.717) is 19.4 Å². The number of nitrogens with one attached hydrogen (secondary N) is 1. The molecule has 5 nitrogen and oxygen atoms in total. The summed E-state index contributed by atoms with van der Waals surface area (Å²) in [5.41, 5.74) is 6.64. The van der Waals surface area contributed by atoms with Crippen LogP contribution in [0.4, 0.5) is 0 Å². The highest BCUT2D eigenvalue weighted by Crippen LogP contribution is 2.29. The number of hydrogen-bond acceptors (Lipinski definition) is 3. The molecule has 1 heterocycles. The van der Waals surface area contributed by atoms with Crippen LogP contribution in [0.5, 0.6) is 0 Å². The SMILES string of the molecule is NC(=O)[C@@H](Cc1c2ccccc2cc2ccccc12)NC(=O)[C@@H]1CCCO1. The number of hydrogen-bond donors (Lipinski definition) is 2.